The van der Waals surface area contributed by atoms with Gasteiger partial charge in [0.25, 0.3) is 0 Å². The van der Waals surface area contributed by atoms with E-state index in [2.05, 4.69) is 0 Å². The van der Waals surface area contributed by atoms with Crippen LogP contribution in [0, 0.1) is 11.8 Å². The molecule has 0 spiro atoms. The second kappa shape index (κ2) is 7.38. The predicted octanol–water partition coefficient (Wildman–Crippen LogP) is 0.920. The van der Waals surface area contributed by atoms with Crippen molar-refractivity contribution in [2.24, 2.45) is 17.6 Å². The van der Waals surface area contributed by atoms with Crippen molar-refractivity contribution in [2.75, 3.05) is 14.2 Å². The van der Waals surface area contributed by atoms with Crippen LogP contribution < -0.4 is 5.73 Å². The average Bonchev–Trinajstić information content (AvgIpc) is 2.44. The summed E-state index contributed by atoms with van der Waals surface area (Å²) >= 11 is 0. The average molecular weight is 344 g/mol. The van der Waals surface area contributed by atoms with E-state index in [0.29, 0.717) is 0 Å². The molecule has 1 fully saturated rings. The van der Waals surface area contributed by atoms with E-state index in [1.54, 1.807) is 34.6 Å². The summed E-state index contributed by atoms with van der Waals surface area (Å²) < 4.78 is 15.0. The van der Waals surface area contributed by atoms with Crippen LogP contribution in [0.15, 0.2) is 0 Å². The van der Waals surface area contributed by atoms with E-state index in [9.17, 15) is 14.4 Å². The molecule has 0 aromatic carbocycles. The minimum Gasteiger partial charge on any atom is -0.469 e. The van der Waals surface area contributed by atoms with Crippen LogP contribution >= 0.6 is 0 Å². The molecule has 1 aliphatic rings. The van der Waals surface area contributed by atoms with Crippen molar-refractivity contribution < 1.29 is 28.6 Å². The molecule has 5 atom stereocenters. The van der Waals surface area contributed by atoms with Gasteiger partial charge in [-0.05, 0) is 34.6 Å². The maximum absolute atomic E-state index is 12.6. The van der Waals surface area contributed by atoms with Gasteiger partial charge in [0.05, 0.1) is 26.1 Å². The highest BCUT2D eigenvalue weighted by Gasteiger charge is 2.53. The Morgan fingerprint density at radius 2 is 1.29 bits per heavy atom. The highest BCUT2D eigenvalue weighted by atomic mass is 16.6. The Labute approximate surface area is 142 Å². The molecule has 24 heavy (non-hydrogen) atoms. The molecule has 0 aromatic rings. The predicted molar refractivity (Wildman–Crippen MR) is 86.0 cm³/mol. The Morgan fingerprint density at radius 1 is 0.917 bits per heavy atom. The zero-order valence-electron chi connectivity index (χ0n) is 15.4. The quantitative estimate of drug-likeness (QED) is 0.586. The first kappa shape index (κ1) is 20.2. The van der Waals surface area contributed by atoms with Gasteiger partial charge < -0.3 is 24.8 Å². The van der Waals surface area contributed by atoms with E-state index < -0.39 is 53.6 Å². The summed E-state index contributed by atoms with van der Waals surface area (Å²) in [7, 11) is 2.48. The van der Waals surface area contributed by atoms with Crippen LogP contribution in [0.5, 0.6) is 0 Å². The summed E-state index contributed by atoms with van der Waals surface area (Å²) in [4.78, 5) is 38.3. The first-order valence-electron chi connectivity index (χ1n) is 7.88. The lowest BCUT2D eigenvalue weighted by Gasteiger charge is -2.48. The van der Waals surface area contributed by atoms with E-state index in [1.807, 2.05) is 0 Å². The number of amides is 1. The van der Waals surface area contributed by atoms with Crippen LogP contribution in [0.4, 0.5) is 4.79 Å². The van der Waals surface area contributed by atoms with Gasteiger partial charge in [-0.15, -0.1) is 0 Å². The second-order valence-electron chi connectivity index (χ2n) is 7.04. The first-order chi connectivity index (χ1) is 11.0. The topological polar surface area (TPSA) is 108 Å². The van der Waals surface area contributed by atoms with Crippen molar-refractivity contribution >= 4 is 18.0 Å². The first-order valence-corrected chi connectivity index (χ1v) is 7.88. The van der Waals surface area contributed by atoms with Crippen LogP contribution in [0.3, 0.4) is 0 Å². The Kier molecular flexibility index (Phi) is 6.21. The van der Waals surface area contributed by atoms with Crippen molar-refractivity contribution in [1.29, 1.82) is 0 Å². The molecule has 0 saturated carbocycles. The smallest absolute Gasteiger partial charge is 0.410 e. The van der Waals surface area contributed by atoms with Crippen molar-refractivity contribution in [3.8, 4) is 0 Å². The van der Waals surface area contributed by atoms with Crippen LogP contribution in [-0.4, -0.2) is 60.9 Å². The highest BCUT2D eigenvalue weighted by molar-refractivity contribution is 5.81. The third-order valence-corrected chi connectivity index (χ3v) is 4.30. The molecule has 1 aliphatic heterocycles. The molecule has 3 unspecified atom stereocenters. The van der Waals surface area contributed by atoms with Crippen molar-refractivity contribution in [2.45, 2.75) is 58.3 Å². The van der Waals surface area contributed by atoms with Gasteiger partial charge in [-0.3, -0.25) is 9.59 Å². The van der Waals surface area contributed by atoms with Crippen LogP contribution in [0.1, 0.15) is 34.6 Å². The molecular weight excluding hydrogens is 316 g/mol. The number of rotatable bonds is 2. The number of hydrogen-bond donors (Lipinski definition) is 1. The normalized spacial score (nSPS) is 30.5. The van der Waals surface area contributed by atoms with Gasteiger partial charge >= 0.3 is 18.0 Å². The number of nitrogens with two attached hydrogens (primary N) is 1. The van der Waals surface area contributed by atoms with E-state index >= 15 is 0 Å². The molecule has 0 aromatic heterocycles. The van der Waals surface area contributed by atoms with Crippen molar-refractivity contribution in [1.82, 2.24) is 4.90 Å². The van der Waals surface area contributed by atoms with Crippen LogP contribution in [0.2, 0.25) is 0 Å². The Bertz CT molecular complexity index is 471. The van der Waals surface area contributed by atoms with E-state index in [0.717, 1.165) is 0 Å². The van der Waals surface area contributed by atoms with E-state index in [4.69, 9.17) is 19.9 Å². The number of nitrogens with zero attached hydrogens (tertiary/aromatic N) is 1. The van der Waals surface area contributed by atoms with Crippen molar-refractivity contribution in [3.05, 3.63) is 0 Å². The molecule has 1 saturated heterocycles. The van der Waals surface area contributed by atoms with Gasteiger partial charge in [-0.25, -0.2) is 4.79 Å². The number of likely N-dealkylation sites (tertiary alicyclic amines) is 1. The van der Waals surface area contributed by atoms with E-state index in [1.165, 1.54) is 19.1 Å². The molecule has 8 nitrogen and oxygen atoms in total. The summed E-state index contributed by atoms with van der Waals surface area (Å²) in [6.45, 7) is 8.60. The Balaban J connectivity index is 3.27. The largest absolute Gasteiger partial charge is 0.469 e. The SMILES string of the molecule is COC(=O)C1C(N)C(C(=O)OC)[C@H](C)N(C(=O)OC(C)(C)C)[C@@H]1C. The zero-order valence-corrected chi connectivity index (χ0v) is 15.4. The Hall–Kier alpha value is -1.83. The monoisotopic (exact) mass is 344 g/mol. The summed E-state index contributed by atoms with van der Waals surface area (Å²) in [5.41, 5.74) is 5.46. The van der Waals surface area contributed by atoms with Crippen LogP contribution in [0.25, 0.3) is 0 Å². The van der Waals surface area contributed by atoms with Gasteiger partial charge in [-0.2, -0.15) is 0 Å². The van der Waals surface area contributed by atoms with Gasteiger partial charge in [0.1, 0.15) is 5.60 Å². The van der Waals surface area contributed by atoms with Gasteiger partial charge in [-0.1, -0.05) is 0 Å². The van der Waals surface area contributed by atoms with E-state index in [-0.39, 0.29) is 0 Å². The molecule has 1 rings (SSSR count). The molecule has 1 amide bonds. The molecule has 138 valence electrons. The third-order valence-electron chi connectivity index (χ3n) is 4.30. The van der Waals surface area contributed by atoms with Gasteiger partial charge in [0.15, 0.2) is 0 Å². The molecular formula is C16H28N2O6. The lowest BCUT2D eigenvalue weighted by molar-refractivity contribution is -0.160. The zero-order chi connectivity index (χ0) is 18.8. The number of esters is 2. The molecule has 0 aliphatic carbocycles. The lowest BCUT2D eigenvalue weighted by Crippen LogP contribution is -2.67. The Morgan fingerprint density at radius 3 is 1.58 bits per heavy atom. The fourth-order valence-electron chi connectivity index (χ4n) is 3.21. The summed E-state index contributed by atoms with van der Waals surface area (Å²) in [5, 5.41) is 0. The summed E-state index contributed by atoms with van der Waals surface area (Å²) in [6.07, 6.45) is -0.614. The summed E-state index contributed by atoms with van der Waals surface area (Å²) in [5.74, 6) is -2.88. The number of ether oxygens (including phenoxy) is 3. The standard InChI is InChI=1S/C16H28N2O6/c1-8-10(13(19)22-6)12(17)11(14(20)23-7)9(2)18(8)15(21)24-16(3,4)5/h8-12H,17H2,1-7H3/t8-,9+,10?,11?,12?. The lowest BCUT2D eigenvalue weighted by atomic mass is 9.75. The van der Waals surface area contributed by atoms with Crippen LogP contribution in [-0.2, 0) is 23.8 Å². The minimum absolute atomic E-state index is 0.579. The molecule has 8 heteroatoms. The minimum atomic E-state index is -0.859. The molecule has 0 radical (unpaired) electrons. The molecule has 0 bridgehead atoms. The number of piperidine rings is 1. The van der Waals surface area contributed by atoms with Gasteiger partial charge in [0.2, 0.25) is 0 Å². The fraction of sp³-hybridized carbons (Fsp3) is 0.812. The molecule has 1 heterocycles. The second-order valence-corrected chi connectivity index (χ2v) is 7.04. The summed E-state index contributed by atoms with van der Waals surface area (Å²) in [6, 6.07) is -2.00. The fourth-order valence-corrected chi connectivity index (χ4v) is 3.21. The maximum atomic E-state index is 12.6. The number of carbonyl (C=O) groups excluding carboxylic acids is 3. The molecule has 2 N–H and O–H groups in total. The number of methoxy groups -OCH3 is 2. The van der Waals surface area contributed by atoms with Gasteiger partial charge in [0, 0.05) is 18.1 Å². The third kappa shape index (κ3) is 3.98. The number of hydrogen-bond acceptors (Lipinski definition) is 7. The highest BCUT2D eigenvalue weighted by Crippen LogP contribution is 2.34. The maximum Gasteiger partial charge on any atom is 0.410 e. The number of carbonyl (C=O) groups is 3. The van der Waals surface area contributed by atoms with Crippen molar-refractivity contribution in [3.63, 3.8) is 0 Å².